The summed E-state index contributed by atoms with van der Waals surface area (Å²) in [7, 11) is 0. The summed E-state index contributed by atoms with van der Waals surface area (Å²) < 4.78 is 21.1. The summed E-state index contributed by atoms with van der Waals surface area (Å²) in [5.41, 5.74) is 2.93. The molecule has 7 heteroatoms. The second-order valence-electron chi connectivity index (χ2n) is 5.66. The Labute approximate surface area is 154 Å². The van der Waals surface area contributed by atoms with Gasteiger partial charge in [-0.15, -0.1) is 0 Å². The summed E-state index contributed by atoms with van der Waals surface area (Å²) in [6.45, 7) is 2.80. The van der Waals surface area contributed by atoms with E-state index in [1.165, 1.54) is 18.2 Å². The molecule has 2 aromatic carbocycles. The molecule has 0 amide bonds. The molecule has 5 nitrogen and oxygen atoms in total. The van der Waals surface area contributed by atoms with Crippen LogP contribution in [0.4, 0.5) is 4.39 Å². The topological polar surface area (TPSA) is 56.7 Å². The van der Waals surface area contributed by atoms with Gasteiger partial charge in [0, 0.05) is 28.9 Å². The lowest BCUT2D eigenvalue weighted by molar-refractivity contribution is 0.429. The Bertz CT molecular complexity index is 1070. The summed E-state index contributed by atoms with van der Waals surface area (Å²) >= 11 is 5.93. The van der Waals surface area contributed by atoms with Crippen molar-refractivity contribution in [2.45, 2.75) is 13.5 Å². The molecule has 0 aliphatic carbocycles. The minimum Gasteiger partial charge on any atom is -0.334 e. The van der Waals surface area contributed by atoms with Crippen molar-refractivity contribution in [3.05, 3.63) is 65.6 Å². The van der Waals surface area contributed by atoms with Crippen LogP contribution in [0.25, 0.3) is 34.1 Å². The Kier molecular flexibility index (Phi) is 4.26. The van der Waals surface area contributed by atoms with Gasteiger partial charge in [0.25, 0.3) is 5.89 Å². The van der Waals surface area contributed by atoms with Gasteiger partial charge in [-0.2, -0.15) is 10.1 Å². The lowest BCUT2D eigenvalue weighted by atomic mass is 10.1. The molecule has 0 radical (unpaired) electrons. The van der Waals surface area contributed by atoms with Crippen LogP contribution in [0.1, 0.15) is 6.92 Å². The van der Waals surface area contributed by atoms with Gasteiger partial charge in [0.05, 0.1) is 11.3 Å². The highest BCUT2D eigenvalue weighted by atomic mass is 35.5. The SMILES string of the molecule is CCn1nccc1-c1cccc(-c2noc(-c3cc(Cl)ccc3F)n2)c1. The third kappa shape index (κ3) is 2.99. The molecule has 0 bridgehead atoms. The van der Waals surface area contributed by atoms with Crippen LogP contribution in [0, 0.1) is 5.82 Å². The van der Waals surface area contributed by atoms with Crippen LogP contribution in [0.3, 0.4) is 0 Å². The zero-order chi connectivity index (χ0) is 18.1. The second-order valence-corrected chi connectivity index (χ2v) is 6.10. The molecule has 2 heterocycles. The van der Waals surface area contributed by atoms with E-state index in [0.717, 1.165) is 23.4 Å². The molecule has 0 saturated carbocycles. The van der Waals surface area contributed by atoms with Crippen molar-refractivity contribution >= 4 is 11.6 Å². The van der Waals surface area contributed by atoms with Gasteiger partial charge in [-0.1, -0.05) is 35.0 Å². The largest absolute Gasteiger partial charge is 0.334 e. The Morgan fingerprint density at radius 1 is 1.12 bits per heavy atom. The van der Waals surface area contributed by atoms with Gasteiger partial charge >= 0.3 is 0 Å². The molecule has 0 unspecified atom stereocenters. The lowest BCUT2D eigenvalue weighted by Gasteiger charge is -2.05. The van der Waals surface area contributed by atoms with Crippen molar-refractivity contribution < 1.29 is 8.91 Å². The number of rotatable bonds is 4. The maximum absolute atomic E-state index is 14.0. The van der Waals surface area contributed by atoms with Crippen molar-refractivity contribution in [2.75, 3.05) is 0 Å². The molecule has 130 valence electrons. The number of hydrogen-bond acceptors (Lipinski definition) is 4. The van der Waals surface area contributed by atoms with Crippen LogP contribution >= 0.6 is 11.6 Å². The molecule has 0 atom stereocenters. The Morgan fingerprint density at radius 2 is 1.96 bits per heavy atom. The molecule has 0 fully saturated rings. The Morgan fingerprint density at radius 3 is 2.81 bits per heavy atom. The molecule has 4 aromatic rings. The normalized spacial score (nSPS) is 11.0. The van der Waals surface area contributed by atoms with Crippen LogP contribution in [0.15, 0.2) is 59.3 Å². The summed E-state index contributed by atoms with van der Waals surface area (Å²) in [6, 6.07) is 13.9. The van der Waals surface area contributed by atoms with E-state index in [2.05, 4.69) is 15.2 Å². The van der Waals surface area contributed by atoms with E-state index in [1.807, 2.05) is 41.9 Å². The van der Waals surface area contributed by atoms with Gasteiger partial charge in [-0.3, -0.25) is 4.68 Å². The van der Waals surface area contributed by atoms with Gasteiger partial charge in [0.2, 0.25) is 5.82 Å². The van der Waals surface area contributed by atoms with Crippen molar-refractivity contribution in [1.29, 1.82) is 0 Å². The van der Waals surface area contributed by atoms with Crippen molar-refractivity contribution in [2.24, 2.45) is 0 Å². The van der Waals surface area contributed by atoms with Crippen LogP contribution in [0.2, 0.25) is 5.02 Å². The zero-order valence-electron chi connectivity index (χ0n) is 13.9. The van der Waals surface area contributed by atoms with Crippen molar-refractivity contribution in [3.8, 4) is 34.1 Å². The van der Waals surface area contributed by atoms with Gasteiger partial charge in [0.1, 0.15) is 5.82 Å². The molecular formula is C19H14ClFN4O. The standard InChI is InChI=1S/C19H14ClFN4O/c1-2-25-17(8-9-22-25)12-4-3-5-13(10-12)18-23-19(26-24-18)15-11-14(20)6-7-16(15)21/h3-11H,2H2,1H3. The highest BCUT2D eigenvalue weighted by Gasteiger charge is 2.15. The molecule has 2 aromatic heterocycles. The van der Waals surface area contributed by atoms with Gasteiger partial charge in [-0.05, 0) is 37.3 Å². The number of aryl methyl sites for hydroxylation is 1. The fraction of sp³-hybridized carbons (Fsp3) is 0.105. The predicted octanol–water partition coefficient (Wildman–Crippen LogP) is 5.08. The van der Waals surface area contributed by atoms with E-state index in [1.54, 1.807) is 6.20 Å². The summed E-state index contributed by atoms with van der Waals surface area (Å²) in [4.78, 5) is 4.32. The third-order valence-electron chi connectivity index (χ3n) is 4.02. The number of halogens is 2. The van der Waals surface area contributed by atoms with E-state index < -0.39 is 5.82 Å². The molecule has 0 aliphatic rings. The molecule has 4 rings (SSSR count). The number of hydrogen-bond donors (Lipinski definition) is 0. The minimum absolute atomic E-state index is 0.0870. The molecule has 0 N–H and O–H groups in total. The Hall–Kier alpha value is -2.99. The number of aromatic nitrogens is 4. The zero-order valence-corrected chi connectivity index (χ0v) is 14.6. The maximum Gasteiger partial charge on any atom is 0.261 e. The smallest absolute Gasteiger partial charge is 0.261 e. The van der Waals surface area contributed by atoms with E-state index in [4.69, 9.17) is 16.1 Å². The quantitative estimate of drug-likeness (QED) is 0.504. The van der Waals surface area contributed by atoms with E-state index in [0.29, 0.717) is 10.8 Å². The molecular weight excluding hydrogens is 355 g/mol. The molecule has 0 saturated heterocycles. The second kappa shape index (κ2) is 6.72. The third-order valence-corrected chi connectivity index (χ3v) is 4.25. The van der Waals surface area contributed by atoms with Crippen molar-refractivity contribution in [1.82, 2.24) is 19.9 Å². The fourth-order valence-electron chi connectivity index (χ4n) is 2.76. The Balaban J connectivity index is 1.72. The van der Waals surface area contributed by atoms with Crippen molar-refractivity contribution in [3.63, 3.8) is 0 Å². The highest BCUT2D eigenvalue weighted by molar-refractivity contribution is 6.30. The monoisotopic (exact) mass is 368 g/mol. The van der Waals surface area contributed by atoms with Gasteiger partial charge in [-0.25, -0.2) is 4.39 Å². The summed E-state index contributed by atoms with van der Waals surface area (Å²) in [5.74, 6) is -0.00186. The molecule has 0 aliphatic heterocycles. The van der Waals surface area contributed by atoms with Crippen LogP contribution < -0.4 is 0 Å². The van der Waals surface area contributed by atoms with E-state index in [9.17, 15) is 4.39 Å². The van der Waals surface area contributed by atoms with Crippen LogP contribution in [-0.2, 0) is 6.54 Å². The minimum atomic E-state index is -0.467. The van der Waals surface area contributed by atoms with E-state index in [-0.39, 0.29) is 11.5 Å². The van der Waals surface area contributed by atoms with E-state index >= 15 is 0 Å². The average Bonchev–Trinajstić information content (AvgIpc) is 3.33. The first-order chi connectivity index (χ1) is 12.7. The predicted molar refractivity (Wildman–Crippen MR) is 97.0 cm³/mol. The number of nitrogens with zero attached hydrogens (tertiary/aromatic N) is 4. The molecule has 0 spiro atoms. The first kappa shape index (κ1) is 16.5. The van der Waals surface area contributed by atoms with Gasteiger partial charge in [0.15, 0.2) is 0 Å². The number of benzene rings is 2. The highest BCUT2D eigenvalue weighted by Crippen LogP contribution is 2.29. The van der Waals surface area contributed by atoms with Gasteiger partial charge < -0.3 is 4.52 Å². The maximum atomic E-state index is 14.0. The summed E-state index contributed by atoms with van der Waals surface area (Å²) in [6.07, 6.45) is 1.76. The fourth-order valence-corrected chi connectivity index (χ4v) is 2.93. The first-order valence-corrected chi connectivity index (χ1v) is 8.45. The molecule has 26 heavy (non-hydrogen) atoms. The average molecular weight is 369 g/mol. The lowest BCUT2D eigenvalue weighted by Crippen LogP contribution is -1.98. The first-order valence-electron chi connectivity index (χ1n) is 8.07. The van der Waals surface area contributed by atoms with Crippen LogP contribution in [0.5, 0.6) is 0 Å². The van der Waals surface area contributed by atoms with Crippen LogP contribution in [-0.4, -0.2) is 19.9 Å². The summed E-state index contributed by atoms with van der Waals surface area (Å²) in [5, 5.41) is 8.67.